The van der Waals surface area contributed by atoms with Crippen LogP contribution in [0.5, 0.6) is 17.2 Å². The van der Waals surface area contributed by atoms with Crippen molar-refractivity contribution in [2.75, 3.05) is 38.2 Å². The van der Waals surface area contributed by atoms with Crippen molar-refractivity contribution < 1.29 is 33.8 Å². The summed E-state index contributed by atoms with van der Waals surface area (Å²) in [7, 11) is 1.85. The Morgan fingerprint density at radius 1 is 0.930 bits per heavy atom. The Kier molecular flexibility index (Phi) is 10.3. The number of piperazine rings is 1. The summed E-state index contributed by atoms with van der Waals surface area (Å²) in [6.45, 7) is 5.30. The van der Waals surface area contributed by atoms with Crippen molar-refractivity contribution in [2.24, 2.45) is 7.05 Å². The van der Waals surface area contributed by atoms with Crippen LogP contribution in [0.2, 0.25) is 0 Å². The molecule has 5 aromatic rings. The number of aromatic hydroxyl groups is 1. The number of para-hydroxylation sites is 1. The zero-order valence-electron chi connectivity index (χ0n) is 31.5. The molecule has 292 valence electrons. The van der Waals surface area contributed by atoms with E-state index in [0.717, 1.165) is 22.2 Å². The van der Waals surface area contributed by atoms with Gasteiger partial charge in [0.25, 0.3) is 5.91 Å². The zero-order valence-corrected chi connectivity index (χ0v) is 31.5. The van der Waals surface area contributed by atoms with Crippen LogP contribution in [0, 0.1) is 0 Å². The number of aromatic nitrogens is 1. The second kappa shape index (κ2) is 15.7. The molecule has 4 heterocycles. The fourth-order valence-electron chi connectivity index (χ4n) is 7.94. The molecule has 1 unspecified atom stereocenters. The van der Waals surface area contributed by atoms with Crippen molar-refractivity contribution >= 4 is 40.3 Å². The van der Waals surface area contributed by atoms with E-state index in [1.165, 1.54) is 4.90 Å². The van der Waals surface area contributed by atoms with Crippen LogP contribution in [0.3, 0.4) is 0 Å². The van der Waals surface area contributed by atoms with E-state index in [9.17, 15) is 24.3 Å². The van der Waals surface area contributed by atoms with Gasteiger partial charge < -0.3 is 39.6 Å². The molecule has 3 aliphatic heterocycles. The molecule has 3 N–H and O–H groups in total. The fourth-order valence-corrected chi connectivity index (χ4v) is 7.94. The van der Waals surface area contributed by atoms with Crippen LogP contribution in [-0.2, 0) is 36.1 Å². The molecule has 8 rings (SSSR count). The third-order valence-corrected chi connectivity index (χ3v) is 10.5. The zero-order chi connectivity index (χ0) is 39.6. The Morgan fingerprint density at radius 3 is 2.47 bits per heavy atom. The molecule has 5 amide bonds. The lowest BCUT2D eigenvalue weighted by molar-refractivity contribution is -0.189. The molecule has 0 saturated carbocycles. The number of urea groups is 1. The second-order valence-electron chi connectivity index (χ2n) is 14.3. The first-order valence-corrected chi connectivity index (χ1v) is 18.8. The molecule has 0 radical (unpaired) electrons. The van der Waals surface area contributed by atoms with Crippen LogP contribution < -0.4 is 20.1 Å². The molecule has 0 bridgehead atoms. The summed E-state index contributed by atoms with van der Waals surface area (Å²) in [5, 5.41) is 19.9. The minimum absolute atomic E-state index is 0.0291. The topological polar surface area (TPSA) is 149 Å². The normalized spacial score (nSPS) is 18.0. The minimum atomic E-state index is -0.948. The number of carbonyl (C=O) groups is 4. The van der Waals surface area contributed by atoms with E-state index < -0.39 is 18.2 Å². The van der Waals surface area contributed by atoms with Gasteiger partial charge in [-0.25, -0.2) is 14.8 Å². The van der Waals surface area contributed by atoms with Crippen molar-refractivity contribution in [3.63, 3.8) is 0 Å². The van der Waals surface area contributed by atoms with Gasteiger partial charge in [0.2, 0.25) is 11.8 Å². The number of rotatable bonds is 10. The lowest BCUT2D eigenvalue weighted by Crippen LogP contribution is -2.76. The fraction of sp³-hybridized carbons (Fsp3) is 0.256. The van der Waals surface area contributed by atoms with Crippen LogP contribution in [-0.4, -0.2) is 98.3 Å². The van der Waals surface area contributed by atoms with Gasteiger partial charge in [-0.1, -0.05) is 66.7 Å². The van der Waals surface area contributed by atoms with Gasteiger partial charge in [0.15, 0.2) is 11.5 Å². The number of hydrogen-bond donors (Lipinski definition) is 3. The van der Waals surface area contributed by atoms with E-state index >= 15 is 0 Å². The SMILES string of the molecule is C=CCN1CC(=O)N2C(CN(Cc3cccc4c(C(=O)Nc5ccc6c(c5)OCCO6)cn(C)c34)C(=O)[C@@H]2Cc2ccc(O)cc2)N1C(=O)NCc1ccccc1. The number of phenols is 1. The number of ether oxygens (including phenoxy) is 2. The summed E-state index contributed by atoms with van der Waals surface area (Å²) < 4.78 is 13.2. The molecular formula is C43H43N7O7. The highest BCUT2D eigenvalue weighted by Gasteiger charge is 2.51. The lowest BCUT2D eigenvalue weighted by atomic mass is 9.98. The highest BCUT2D eigenvalue weighted by Crippen LogP contribution is 2.34. The Bertz CT molecular complexity index is 2350. The highest BCUT2D eigenvalue weighted by molar-refractivity contribution is 6.13. The number of aryl methyl sites for hydroxylation is 1. The molecule has 57 heavy (non-hydrogen) atoms. The Morgan fingerprint density at radius 2 is 1.70 bits per heavy atom. The number of carbonyl (C=O) groups excluding carboxylic acids is 4. The number of fused-ring (bicyclic) bond motifs is 3. The number of hydrazine groups is 1. The molecule has 0 aliphatic carbocycles. The molecule has 2 atom stereocenters. The van der Waals surface area contributed by atoms with Gasteiger partial charge in [0, 0.05) is 56.4 Å². The first-order valence-electron chi connectivity index (χ1n) is 18.8. The van der Waals surface area contributed by atoms with Gasteiger partial charge in [-0.05, 0) is 41.0 Å². The average molecular weight is 770 g/mol. The Hall–Kier alpha value is -6.80. The van der Waals surface area contributed by atoms with Gasteiger partial charge >= 0.3 is 6.03 Å². The van der Waals surface area contributed by atoms with Gasteiger partial charge in [-0.3, -0.25) is 14.4 Å². The van der Waals surface area contributed by atoms with Crippen molar-refractivity contribution in [3.8, 4) is 17.2 Å². The molecule has 1 aromatic heterocycles. The molecule has 14 nitrogen and oxygen atoms in total. The average Bonchev–Trinajstić information content (AvgIpc) is 3.56. The summed E-state index contributed by atoms with van der Waals surface area (Å²) in [6.07, 6.45) is 2.72. The molecule has 0 spiro atoms. The molecular weight excluding hydrogens is 727 g/mol. The van der Waals surface area contributed by atoms with Gasteiger partial charge in [-0.15, -0.1) is 6.58 Å². The van der Waals surface area contributed by atoms with Crippen molar-refractivity contribution in [1.82, 2.24) is 29.7 Å². The van der Waals surface area contributed by atoms with E-state index in [2.05, 4.69) is 17.2 Å². The van der Waals surface area contributed by atoms with Crippen LogP contribution in [0.4, 0.5) is 10.5 Å². The quantitative estimate of drug-likeness (QED) is 0.174. The van der Waals surface area contributed by atoms with E-state index in [1.807, 2.05) is 60.1 Å². The number of hydrogen-bond acceptors (Lipinski definition) is 8. The lowest BCUT2D eigenvalue weighted by Gasteiger charge is -2.55. The largest absolute Gasteiger partial charge is 0.508 e. The van der Waals surface area contributed by atoms with Crippen LogP contribution in [0.1, 0.15) is 27.0 Å². The number of nitrogens with zero attached hydrogens (tertiary/aromatic N) is 5. The molecule has 2 saturated heterocycles. The predicted molar refractivity (Wildman–Crippen MR) is 212 cm³/mol. The van der Waals surface area contributed by atoms with E-state index in [1.54, 1.807) is 69.7 Å². The molecule has 14 heteroatoms. The number of phenolic OH excluding ortho intramolecular Hbond substituents is 1. The van der Waals surface area contributed by atoms with Gasteiger partial charge in [0.05, 0.1) is 24.2 Å². The molecule has 4 aromatic carbocycles. The second-order valence-corrected chi connectivity index (χ2v) is 14.3. The van der Waals surface area contributed by atoms with Crippen LogP contribution in [0.15, 0.2) is 110 Å². The third kappa shape index (κ3) is 7.46. The van der Waals surface area contributed by atoms with E-state index in [4.69, 9.17) is 9.47 Å². The summed E-state index contributed by atoms with van der Waals surface area (Å²) in [6, 6.07) is 25.6. The summed E-state index contributed by atoms with van der Waals surface area (Å²) in [5.41, 5.74) is 4.21. The Labute approximate surface area is 329 Å². The summed E-state index contributed by atoms with van der Waals surface area (Å²) in [4.78, 5) is 59.9. The van der Waals surface area contributed by atoms with Gasteiger partial charge in [0.1, 0.15) is 31.2 Å². The summed E-state index contributed by atoms with van der Waals surface area (Å²) >= 11 is 0. The molecule has 2 fully saturated rings. The smallest absolute Gasteiger partial charge is 0.334 e. The first-order chi connectivity index (χ1) is 27.7. The number of benzene rings is 4. The Balaban J connectivity index is 1.12. The van der Waals surface area contributed by atoms with Crippen molar-refractivity contribution in [2.45, 2.75) is 31.7 Å². The predicted octanol–water partition coefficient (Wildman–Crippen LogP) is 4.64. The third-order valence-electron chi connectivity index (χ3n) is 10.5. The number of amides is 5. The highest BCUT2D eigenvalue weighted by atomic mass is 16.6. The summed E-state index contributed by atoms with van der Waals surface area (Å²) in [5.74, 6) is 0.386. The maximum Gasteiger partial charge on any atom is 0.334 e. The van der Waals surface area contributed by atoms with Crippen LogP contribution in [0.25, 0.3) is 10.9 Å². The number of nitrogens with one attached hydrogen (secondary N) is 2. The molecule has 3 aliphatic rings. The van der Waals surface area contributed by atoms with E-state index in [0.29, 0.717) is 41.3 Å². The van der Waals surface area contributed by atoms with Crippen LogP contribution >= 0.6 is 0 Å². The van der Waals surface area contributed by atoms with Crippen molar-refractivity contribution in [3.05, 3.63) is 132 Å². The number of anilines is 1. The maximum atomic E-state index is 14.7. The monoisotopic (exact) mass is 769 g/mol. The standard InChI is InChI=1S/C43H43N7O7/c1-3-18-48-27-39(52)49-35(21-28-12-15-32(51)16-13-28)42(54)47(26-38(49)50(48)43(55)44-23-29-8-5-4-6-9-29)24-30-10-7-11-33-34(25-46(2)40(30)33)41(53)45-31-14-17-36-37(22-31)57-20-19-56-36/h3-17,22,25,35,38,51H,1,18-21,23-24,26-27H2,2H3,(H,44,55)(H,45,53)/t35-,38?/m0/s1. The van der Waals surface area contributed by atoms with Crippen molar-refractivity contribution in [1.29, 1.82) is 0 Å². The van der Waals surface area contributed by atoms with E-state index in [-0.39, 0.29) is 62.6 Å². The first kappa shape index (κ1) is 37.1. The maximum absolute atomic E-state index is 14.7. The minimum Gasteiger partial charge on any atom is -0.508 e. The van der Waals surface area contributed by atoms with Gasteiger partial charge in [-0.2, -0.15) is 0 Å².